The second-order valence-electron chi connectivity index (χ2n) is 4.36. The molecule has 0 saturated heterocycles. The summed E-state index contributed by atoms with van der Waals surface area (Å²) >= 11 is 5.87. The van der Waals surface area contributed by atoms with Gasteiger partial charge in [0.2, 0.25) is 0 Å². The summed E-state index contributed by atoms with van der Waals surface area (Å²) in [5.41, 5.74) is 1.70. The van der Waals surface area contributed by atoms with Gasteiger partial charge in [0.15, 0.2) is 11.5 Å². The van der Waals surface area contributed by atoms with Gasteiger partial charge in [0.1, 0.15) is 13.2 Å². The van der Waals surface area contributed by atoms with Crippen molar-refractivity contribution in [3.8, 4) is 22.6 Å². The van der Waals surface area contributed by atoms with Crippen LogP contribution in [0, 0.1) is 0 Å². The molecule has 2 aromatic rings. The maximum atomic E-state index is 11.1. The predicted octanol–water partition coefficient (Wildman–Crippen LogP) is 3.48. The van der Waals surface area contributed by atoms with Gasteiger partial charge in [0.05, 0.1) is 10.6 Å². The van der Waals surface area contributed by atoms with Crippen molar-refractivity contribution < 1.29 is 19.4 Å². The van der Waals surface area contributed by atoms with Crippen molar-refractivity contribution in [1.29, 1.82) is 0 Å². The zero-order valence-electron chi connectivity index (χ0n) is 10.4. The third-order valence-corrected chi connectivity index (χ3v) is 3.40. The van der Waals surface area contributed by atoms with E-state index in [2.05, 4.69) is 0 Å². The normalized spacial score (nSPS) is 13.1. The minimum Gasteiger partial charge on any atom is -0.486 e. The molecule has 2 aromatic carbocycles. The van der Waals surface area contributed by atoms with Crippen LogP contribution in [0.4, 0.5) is 0 Å². The standard InChI is InChI=1S/C15H11ClO4/c16-12-3-1-9(7-11(12)15(17)18)10-2-4-13-14(8-10)20-6-5-19-13/h1-4,7-8H,5-6H2,(H,17,18). The molecule has 1 heterocycles. The maximum absolute atomic E-state index is 11.1. The van der Waals surface area contributed by atoms with Gasteiger partial charge >= 0.3 is 5.97 Å². The van der Waals surface area contributed by atoms with Crippen LogP contribution in [-0.4, -0.2) is 24.3 Å². The van der Waals surface area contributed by atoms with E-state index in [-0.39, 0.29) is 10.6 Å². The molecule has 0 radical (unpaired) electrons. The molecule has 102 valence electrons. The lowest BCUT2D eigenvalue weighted by molar-refractivity contribution is 0.0697. The number of halogens is 1. The fourth-order valence-electron chi connectivity index (χ4n) is 2.09. The minimum absolute atomic E-state index is 0.0825. The number of benzene rings is 2. The van der Waals surface area contributed by atoms with E-state index in [4.69, 9.17) is 26.2 Å². The van der Waals surface area contributed by atoms with Crippen LogP contribution < -0.4 is 9.47 Å². The largest absolute Gasteiger partial charge is 0.486 e. The number of carboxylic acids is 1. The molecule has 0 spiro atoms. The number of hydrogen-bond acceptors (Lipinski definition) is 3. The van der Waals surface area contributed by atoms with E-state index >= 15 is 0 Å². The van der Waals surface area contributed by atoms with Crippen molar-refractivity contribution in [2.24, 2.45) is 0 Å². The lowest BCUT2D eigenvalue weighted by Crippen LogP contribution is -2.15. The van der Waals surface area contributed by atoms with Crippen LogP contribution in [0.5, 0.6) is 11.5 Å². The highest BCUT2D eigenvalue weighted by molar-refractivity contribution is 6.33. The van der Waals surface area contributed by atoms with Crippen LogP contribution in [0.25, 0.3) is 11.1 Å². The molecule has 0 saturated carbocycles. The van der Waals surface area contributed by atoms with E-state index in [1.165, 1.54) is 0 Å². The van der Waals surface area contributed by atoms with Crippen molar-refractivity contribution in [1.82, 2.24) is 0 Å². The first-order valence-corrected chi connectivity index (χ1v) is 6.46. The summed E-state index contributed by atoms with van der Waals surface area (Å²) in [6.07, 6.45) is 0. The van der Waals surface area contributed by atoms with Crippen molar-refractivity contribution in [2.75, 3.05) is 13.2 Å². The average Bonchev–Trinajstić information content (AvgIpc) is 2.47. The summed E-state index contributed by atoms with van der Waals surface area (Å²) in [7, 11) is 0. The fraction of sp³-hybridized carbons (Fsp3) is 0.133. The van der Waals surface area contributed by atoms with Crippen molar-refractivity contribution in [2.45, 2.75) is 0 Å². The first kappa shape index (κ1) is 12.8. The number of fused-ring (bicyclic) bond motifs is 1. The molecule has 0 amide bonds. The van der Waals surface area contributed by atoms with E-state index in [9.17, 15) is 4.79 Å². The van der Waals surface area contributed by atoms with Crippen molar-refractivity contribution in [3.63, 3.8) is 0 Å². The number of rotatable bonds is 2. The van der Waals surface area contributed by atoms with Gasteiger partial charge in [-0.3, -0.25) is 0 Å². The Morgan fingerprint density at radius 1 is 1.00 bits per heavy atom. The third-order valence-electron chi connectivity index (χ3n) is 3.07. The topological polar surface area (TPSA) is 55.8 Å². The van der Waals surface area contributed by atoms with Crippen LogP contribution >= 0.6 is 11.6 Å². The van der Waals surface area contributed by atoms with E-state index < -0.39 is 5.97 Å². The molecule has 1 aliphatic rings. The van der Waals surface area contributed by atoms with E-state index in [1.807, 2.05) is 18.2 Å². The first-order chi connectivity index (χ1) is 9.65. The fourth-order valence-corrected chi connectivity index (χ4v) is 2.29. The molecule has 0 fully saturated rings. The van der Waals surface area contributed by atoms with E-state index in [1.54, 1.807) is 18.2 Å². The molecule has 0 unspecified atom stereocenters. The third kappa shape index (κ3) is 2.30. The summed E-state index contributed by atoms with van der Waals surface area (Å²) in [6, 6.07) is 10.4. The Morgan fingerprint density at radius 3 is 2.40 bits per heavy atom. The highest BCUT2D eigenvalue weighted by Gasteiger charge is 2.14. The van der Waals surface area contributed by atoms with Crippen LogP contribution in [0.2, 0.25) is 5.02 Å². The zero-order valence-corrected chi connectivity index (χ0v) is 11.2. The van der Waals surface area contributed by atoms with Crippen molar-refractivity contribution >= 4 is 17.6 Å². The Hall–Kier alpha value is -2.20. The Bertz CT molecular complexity index is 682. The lowest BCUT2D eigenvalue weighted by atomic mass is 10.0. The Labute approximate surface area is 120 Å². The van der Waals surface area contributed by atoms with E-state index in [0.29, 0.717) is 24.7 Å². The van der Waals surface area contributed by atoms with Gasteiger partial charge in [-0.1, -0.05) is 23.7 Å². The van der Waals surface area contributed by atoms with Gasteiger partial charge in [0, 0.05) is 0 Å². The quantitative estimate of drug-likeness (QED) is 0.920. The number of carboxylic acid groups (broad SMARTS) is 1. The van der Waals surface area contributed by atoms with Gasteiger partial charge in [-0.15, -0.1) is 0 Å². The summed E-state index contributed by atoms with van der Waals surface area (Å²) in [4.78, 5) is 11.1. The molecule has 5 heteroatoms. The maximum Gasteiger partial charge on any atom is 0.337 e. The second kappa shape index (κ2) is 5.06. The summed E-state index contributed by atoms with van der Waals surface area (Å²) in [5, 5.41) is 9.32. The van der Waals surface area contributed by atoms with E-state index in [0.717, 1.165) is 11.1 Å². The molecule has 4 nitrogen and oxygen atoms in total. The molecule has 0 aromatic heterocycles. The lowest BCUT2D eigenvalue weighted by Gasteiger charge is -2.19. The minimum atomic E-state index is -1.05. The van der Waals surface area contributed by atoms with Crippen LogP contribution in [0.1, 0.15) is 10.4 Å². The average molecular weight is 291 g/mol. The molecule has 0 bridgehead atoms. The summed E-state index contributed by atoms with van der Waals surface area (Å²) < 4.78 is 11.0. The second-order valence-corrected chi connectivity index (χ2v) is 4.77. The van der Waals surface area contributed by atoms with Gasteiger partial charge < -0.3 is 14.6 Å². The molecular weight excluding hydrogens is 280 g/mol. The Balaban J connectivity index is 2.05. The first-order valence-electron chi connectivity index (χ1n) is 6.08. The van der Waals surface area contributed by atoms with Gasteiger partial charge in [0.25, 0.3) is 0 Å². The molecule has 3 rings (SSSR count). The Kier molecular flexibility index (Phi) is 3.24. The number of hydrogen-bond donors (Lipinski definition) is 1. The zero-order chi connectivity index (χ0) is 14.1. The molecule has 0 aliphatic carbocycles. The highest BCUT2D eigenvalue weighted by Crippen LogP contribution is 2.35. The Morgan fingerprint density at radius 2 is 1.65 bits per heavy atom. The van der Waals surface area contributed by atoms with Crippen molar-refractivity contribution in [3.05, 3.63) is 47.0 Å². The summed E-state index contributed by atoms with van der Waals surface area (Å²) in [6.45, 7) is 1.05. The van der Waals surface area contributed by atoms with Crippen LogP contribution in [0.15, 0.2) is 36.4 Å². The monoisotopic (exact) mass is 290 g/mol. The predicted molar refractivity (Wildman–Crippen MR) is 74.8 cm³/mol. The van der Waals surface area contributed by atoms with Gasteiger partial charge in [-0.25, -0.2) is 4.79 Å². The molecule has 0 atom stereocenters. The van der Waals surface area contributed by atoms with Gasteiger partial charge in [-0.2, -0.15) is 0 Å². The van der Waals surface area contributed by atoms with Crippen LogP contribution in [-0.2, 0) is 0 Å². The number of aromatic carboxylic acids is 1. The van der Waals surface area contributed by atoms with Gasteiger partial charge in [-0.05, 0) is 35.4 Å². The highest BCUT2D eigenvalue weighted by atomic mass is 35.5. The molecule has 20 heavy (non-hydrogen) atoms. The van der Waals surface area contributed by atoms with Crippen LogP contribution in [0.3, 0.4) is 0 Å². The molecular formula is C15H11ClO4. The number of carbonyl (C=O) groups is 1. The summed E-state index contributed by atoms with van der Waals surface area (Å²) in [5.74, 6) is 0.322. The molecule has 1 N–H and O–H groups in total. The smallest absolute Gasteiger partial charge is 0.337 e. The number of ether oxygens (including phenoxy) is 2. The molecule has 1 aliphatic heterocycles. The SMILES string of the molecule is O=C(O)c1cc(-c2ccc3c(c2)OCCO3)ccc1Cl.